The molecule has 2 aliphatic heterocycles. The Bertz CT molecular complexity index is 1420. The molecular formula is C28H33N9O2. The number of carbonyl (C=O) groups excluding carboxylic acids is 2. The smallest absolute Gasteiger partial charge is 0.276 e. The second-order valence-electron chi connectivity index (χ2n) is 10.2. The molecule has 0 aliphatic carbocycles. The molecule has 2 aromatic carbocycles. The summed E-state index contributed by atoms with van der Waals surface area (Å²) >= 11 is 0. The topological polar surface area (TPSA) is 139 Å². The average Bonchev–Trinajstić information content (AvgIpc) is 2.92. The zero-order valence-electron chi connectivity index (χ0n) is 22.3. The molecule has 202 valence electrons. The molecule has 2 atom stereocenters. The van der Waals surface area contributed by atoms with Crippen LogP contribution in [0.3, 0.4) is 0 Å². The molecule has 0 radical (unpaired) electrons. The summed E-state index contributed by atoms with van der Waals surface area (Å²) in [5, 5.41) is 19.8. The van der Waals surface area contributed by atoms with E-state index in [4.69, 9.17) is 15.4 Å². The molecule has 1 fully saturated rings. The highest BCUT2D eigenvalue weighted by molar-refractivity contribution is 6.65. The number of nitrogens with zero attached hydrogens (tertiary/aromatic N) is 5. The maximum Gasteiger partial charge on any atom is 0.276 e. The largest absolute Gasteiger partial charge is 0.358 e. The van der Waals surface area contributed by atoms with Crippen LogP contribution in [0, 0.1) is 11.3 Å². The van der Waals surface area contributed by atoms with E-state index >= 15 is 0 Å². The molecule has 1 aromatic heterocycles. The van der Waals surface area contributed by atoms with Crippen LogP contribution in [0.2, 0.25) is 0 Å². The quantitative estimate of drug-likeness (QED) is 0.296. The van der Waals surface area contributed by atoms with Gasteiger partial charge in [-0.05, 0) is 37.1 Å². The molecule has 3 heterocycles. The second-order valence-corrected chi connectivity index (χ2v) is 10.2. The summed E-state index contributed by atoms with van der Waals surface area (Å²) in [6.45, 7) is 7.08. The van der Waals surface area contributed by atoms with Gasteiger partial charge in [-0.25, -0.2) is 9.97 Å². The van der Waals surface area contributed by atoms with E-state index in [1.54, 1.807) is 11.8 Å². The van der Waals surface area contributed by atoms with Crippen molar-refractivity contribution >= 4 is 45.6 Å². The number of fused-ring (bicyclic) bond motifs is 5. The first-order valence-corrected chi connectivity index (χ1v) is 13.1. The summed E-state index contributed by atoms with van der Waals surface area (Å²) in [5.41, 5.74) is 4.49. The minimum atomic E-state index is -0.529. The van der Waals surface area contributed by atoms with E-state index in [0.717, 1.165) is 16.6 Å². The monoisotopic (exact) mass is 527 g/mol. The van der Waals surface area contributed by atoms with Gasteiger partial charge in [0.15, 0.2) is 5.71 Å². The van der Waals surface area contributed by atoms with Gasteiger partial charge in [0.1, 0.15) is 23.8 Å². The lowest BCUT2D eigenvalue weighted by Gasteiger charge is -2.42. The van der Waals surface area contributed by atoms with Gasteiger partial charge < -0.3 is 20.9 Å². The van der Waals surface area contributed by atoms with Crippen LogP contribution in [0.5, 0.6) is 0 Å². The fourth-order valence-corrected chi connectivity index (χ4v) is 4.83. The van der Waals surface area contributed by atoms with Crippen molar-refractivity contribution in [1.82, 2.24) is 25.1 Å². The number of amides is 2. The number of hydrazone groups is 1. The maximum absolute atomic E-state index is 13.5. The Morgan fingerprint density at radius 3 is 2.56 bits per heavy atom. The van der Waals surface area contributed by atoms with Crippen LogP contribution in [-0.4, -0.2) is 74.8 Å². The first kappa shape index (κ1) is 26.2. The Labute approximate surface area is 227 Å². The summed E-state index contributed by atoms with van der Waals surface area (Å²) in [6, 6.07) is 16.5. The zero-order chi connectivity index (χ0) is 27.5. The van der Waals surface area contributed by atoms with Crippen molar-refractivity contribution in [3.63, 3.8) is 0 Å². The lowest BCUT2D eigenvalue weighted by molar-refractivity contribution is -0.131. The lowest BCUT2D eigenvalue weighted by Crippen LogP contribution is -2.63. The Balaban J connectivity index is 1.42. The van der Waals surface area contributed by atoms with E-state index in [1.807, 2.05) is 68.4 Å². The van der Waals surface area contributed by atoms with Gasteiger partial charge >= 0.3 is 0 Å². The zero-order valence-corrected chi connectivity index (χ0v) is 22.3. The molecule has 11 nitrogen and oxygen atoms in total. The van der Waals surface area contributed by atoms with Gasteiger partial charge in [0.05, 0.1) is 30.0 Å². The predicted octanol–water partition coefficient (Wildman–Crippen LogP) is 2.67. The summed E-state index contributed by atoms with van der Waals surface area (Å²) in [7, 11) is 0. The molecule has 5 rings (SSSR count). The van der Waals surface area contributed by atoms with Gasteiger partial charge in [-0.2, -0.15) is 5.10 Å². The first-order valence-electron chi connectivity index (χ1n) is 13.1. The number of benzene rings is 2. The number of piperazine rings is 1. The number of carbonyl (C=O) groups is 2. The fourth-order valence-electron chi connectivity index (χ4n) is 4.83. The second kappa shape index (κ2) is 11.2. The van der Waals surface area contributed by atoms with E-state index in [9.17, 15) is 9.59 Å². The van der Waals surface area contributed by atoms with E-state index < -0.39 is 12.2 Å². The lowest BCUT2D eigenvalue weighted by atomic mass is 10.0. The van der Waals surface area contributed by atoms with Gasteiger partial charge in [-0.15, -0.1) is 0 Å². The number of aromatic nitrogens is 2. The third-order valence-electron chi connectivity index (χ3n) is 6.95. The van der Waals surface area contributed by atoms with Crippen LogP contribution in [-0.2, 0) is 16.1 Å². The van der Waals surface area contributed by atoms with Gasteiger partial charge in [-0.1, -0.05) is 44.2 Å². The normalized spacial score (nSPS) is 20.2. The molecule has 3 aromatic rings. The molecule has 1 unspecified atom stereocenters. The third-order valence-corrected chi connectivity index (χ3v) is 6.95. The standard InChI is InChI=1S/C28H33N9O2/c1-17(2)24-27(38)32-23-16-37(28(39)25(18(3)29)35-34-19-9-5-4-6-10-19)14-13-36(23)15-22-30-21-12-8-7-11-20(21)26(31-22)33-24/h4-12,17,23-24,29,34H,13-16H2,1-3H3,(H,32,38)(H,30,31,33)/b29-18?,35-25+/t23?,24-/m0/s1. The minimum Gasteiger partial charge on any atom is -0.358 e. The number of anilines is 2. The Morgan fingerprint density at radius 2 is 1.82 bits per heavy atom. The first-order chi connectivity index (χ1) is 18.8. The van der Waals surface area contributed by atoms with Gasteiger partial charge in [0.2, 0.25) is 5.91 Å². The van der Waals surface area contributed by atoms with Crippen molar-refractivity contribution in [1.29, 1.82) is 5.41 Å². The van der Waals surface area contributed by atoms with Crippen molar-refractivity contribution in [3.05, 3.63) is 60.4 Å². The van der Waals surface area contributed by atoms with Crippen molar-refractivity contribution < 1.29 is 9.59 Å². The molecule has 0 spiro atoms. The number of hydrogen-bond donors (Lipinski definition) is 4. The number of para-hydroxylation sites is 2. The van der Waals surface area contributed by atoms with Crippen LogP contribution >= 0.6 is 0 Å². The summed E-state index contributed by atoms with van der Waals surface area (Å²) in [5.74, 6) is 0.747. The highest BCUT2D eigenvalue weighted by atomic mass is 16.2. The minimum absolute atomic E-state index is 0.0141. The van der Waals surface area contributed by atoms with Crippen molar-refractivity contribution in [2.75, 3.05) is 30.4 Å². The van der Waals surface area contributed by atoms with Crippen LogP contribution in [0.25, 0.3) is 10.9 Å². The van der Waals surface area contributed by atoms with E-state index in [0.29, 0.717) is 31.3 Å². The maximum atomic E-state index is 13.5. The van der Waals surface area contributed by atoms with Gasteiger partial charge in [0.25, 0.3) is 5.91 Å². The van der Waals surface area contributed by atoms with Gasteiger partial charge in [0, 0.05) is 18.5 Å². The molecule has 39 heavy (non-hydrogen) atoms. The highest BCUT2D eigenvalue weighted by Gasteiger charge is 2.36. The Hall–Kier alpha value is -4.38. The van der Waals surface area contributed by atoms with Crippen molar-refractivity contribution in [2.24, 2.45) is 11.0 Å². The van der Waals surface area contributed by atoms with E-state index in [2.05, 4.69) is 26.1 Å². The van der Waals surface area contributed by atoms with E-state index in [1.165, 1.54) is 0 Å². The number of rotatable bonds is 5. The molecule has 2 amide bonds. The predicted molar refractivity (Wildman–Crippen MR) is 152 cm³/mol. The van der Waals surface area contributed by atoms with Gasteiger partial charge in [-0.3, -0.25) is 19.9 Å². The van der Waals surface area contributed by atoms with Crippen LogP contribution in [0.1, 0.15) is 26.6 Å². The Morgan fingerprint density at radius 1 is 1.08 bits per heavy atom. The molecular weight excluding hydrogens is 494 g/mol. The van der Waals surface area contributed by atoms with Crippen molar-refractivity contribution in [2.45, 2.75) is 39.5 Å². The molecule has 0 saturated carbocycles. The molecule has 2 bridgehead atoms. The van der Waals surface area contributed by atoms with Crippen molar-refractivity contribution in [3.8, 4) is 0 Å². The summed E-state index contributed by atoms with van der Waals surface area (Å²) < 4.78 is 0. The highest BCUT2D eigenvalue weighted by Crippen LogP contribution is 2.25. The molecule has 11 heteroatoms. The summed E-state index contributed by atoms with van der Waals surface area (Å²) in [4.78, 5) is 40.3. The van der Waals surface area contributed by atoms with Crippen LogP contribution < -0.4 is 16.1 Å². The van der Waals surface area contributed by atoms with Crippen LogP contribution in [0.15, 0.2) is 59.7 Å². The molecule has 2 aliphatic rings. The summed E-state index contributed by atoms with van der Waals surface area (Å²) in [6.07, 6.45) is -0.454. The Kier molecular flexibility index (Phi) is 7.51. The van der Waals surface area contributed by atoms with Crippen LogP contribution in [0.4, 0.5) is 11.5 Å². The average molecular weight is 528 g/mol. The number of nitrogens with one attached hydrogen (secondary N) is 4. The van der Waals surface area contributed by atoms with E-state index in [-0.39, 0.29) is 35.7 Å². The molecule has 4 N–H and O–H groups in total. The number of hydrogen-bond acceptors (Lipinski definition) is 9. The molecule has 1 saturated heterocycles. The fraction of sp³-hybridized carbons (Fsp3) is 0.357. The SMILES string of the molecule is CC(=N)/C(=N\Nc1ccccc1)C(=O)N1CCN2Cc3nc(c4ccccc4n3)N[C@@H](C(C)C)C(=O)NC2C1. The third kappa shape index (κ3) is 5.73.